The molecule has 4 heterocycles. The minimum absolute atomic E-state index is 0.00144. The Morgan fingerprint density at radius 3 is 2.67 bits per heavy atom. The van der Waals surface area contributed by atoms with E-state index in [1.165, 1.54) is 13.0 Å². The lowest BCUT2D eigenvalue weighted by Gasteiger charge is -2.36. The predicted molar refractivity (Wildman–Crippen MR) is 143 cm³/mol. The van der Waals surface area contributed by atoms with E-state index in [0.717, 1.165) is 10.9 Å². The molecule has 0 saturated heterocycles. The molecule has 0 fully saturated rings. The van der Waals surface area contributed by atoms with Gasteiger partial charge in [0.2, 0.25) is 11.5 Å². The summed E-state index contributed by atoms with van der Waals surface area (Å²) < 4.78 is 18.2. The average molecular weight is 550 g/mol. The van der Waals surface area contributed by atoms with E-state index in [1.807, 2.05) is 6.07 Å². The minimum Gasteiger partial charge on any atom is -0.508 e. The van der Waals surface area contributed by atoms with Gasteiger partial charge in [-0.3, -0.25) is 9.59 Å². The molecule has 2 aliphatic rings. The number of phenols is 1. The smallest absolute Gasteiger partial charge is 0.355 e. The molecule has 40 heavy (non-hydrogen) atoms. The highest BCUT2D eigenvalue weighted by Gasteiger charge is 2.51. The lowest BCUT2D eigenvalue weighted by Crippen LogP contribution is -2.51. The molecule has 2 N–H and O–H groups in total. The molecule has 11 nitrogen and oxygen atoms in total. The number of rotatable bonds is 6. The molecule has 210 valence electrons. The number of carbonyl (C=O) groups is 3. The van der Waals surface area contributed by atoms with Crippen LogP contribution in [-0.2, 0) is 47.3 Å². The van der Waals surface area contributed by atoms with Gasteiger partial charge in [0.15, 0.2) is 0 Å². The number of fused-ring (bicyclic) bond motifs is 5. The van der Waals surface area contributed by atoms with Crippen LogP contribution in [0.25, 0.3) is 22.3 Å². The first-order valence-corrected chi connectivity index (χ1v) is 13.1. The topological polar surface area (TPSA) is 146 Å². The van der Waals surface area contributed by atoms with Crippen LogP contribution in [0.2, 0.25) is 0 Å². The van der Waals surface area contributed by atoms with Gasteiger partial charge in [0.25, 0.3) is 5.56 Å². The minimum atomic E-state index is -1.88. The Kier molecular flexibility index (Phi) is 6.65. The Bertz CT molecular complexity index is 1620. The van der Waals surface area contributed by atoms with Crippen LogP contribution in [-0.4, -0.2) is 50.8 Å². The Morgan fingerprint density at radius 1 is 1.23 bits per heavy atom. The first-order valence-electron chi connectivity index (χ1n) is 13.1. The van der Waals surface area contributed by atoms with Gasteiger partial charge in [-0.05, 0) is 64.4 Å². The Balaban J connectivity index is 1.50. The summed E-state index contributed by atoms with van der Waals surface area (Å²) in [5, 5.41) is 13.1. The molecule has 5 rings (SSSR count). The fourth-order valence-electron chi connectivity index (χ4n) is 5.01. The molecule has 3 aromatic rings. The van der Waals surface area contributed by atoms with Crippen molar-refractivity contribution in [2.75, 3.05) is 6.61 Å². The van der Waals surface area contributed by atoms with Gasteiger partial charge in [0.05, 0.1) is 34.6 Å². The van der Waals surface area contributed by atoms with Crippen molar-refractivity contribution in [3.8, 4) is 17.1 Å². The second kappa shape index (κ2) is 9.74. The zero-order valence-electron chi connectivity index (χ0n) is 23.0. The molecule has 2 aliphatic heterocycles. The van der Waals surface area contributed by atoms with Gasteiger partial charge in [-0.15, -0.1) is 0 Å². The number of amides is 1. The van der Waals surface area contributed by atoms with Crippen LogP contribution in [0.3, 0.4) is 0 Å². The van der Waals surface area contributed by atoms with E-state index in [-0.39, 0.29) is 48.6 Å². The number of aromatic nitrogens is 2. The molecule has 1 amide bonds. The lowest BCUT2D eigenvalue weighted by molar-refractivity contribution is -0.190. The second-order valence-corrected chi connectivity index (χ2v) is 11.1. The van der Waals surface area contributed by atoms with Gasteiger partial charge in [-0.1, -0.05) is 6.92 Å². The molecule has 0 aliphatic carbocycles. The number of benzene rings is 1. The number of pyridine rings is 2. The third kappa shape index (κ3) is 4.70. The lowest BCUT2D eigenvalue weighted by atomic mass is 9.85. The van der Waals surface area contributed by atoms with E-state index in [1.54, 1.807) is 50.5 Å². The highest BCUT2D eigenvalue weighted by atomic mass is 16.6. The Hall–Kier alpha value is -4.25. The normalized spacial score (nSPS) is 18.4. The summed E-state index contributed by atoms with van der Waals surface area (Å²) >= 11 is 0. The number of nitrogens with zero attached hydrogens (tertiary/aromatic N) is 2. The number of hydrogen-bond acceptors (Lipinski definition) is 9. The van der Waals surface area contributed by atoms with Gasteiger partial charge in [0.1, 0.15) is 25.0 Å². The molecule has 0 saturated carbocycles. The summed E-state index contributed by atoms with van der Waals surface area (Å²) in [5.41, 5.74) is 0.102. The Morgan fingerprint density at radius 2 is 1.98 bits per heavy atom. The molecule has 2 atom stereocenters. The van der Waals surface area contributed by atoms with Crippen LogP contribution in [0.15, 0.2) is 35.1 Å². The van der Waals surface area contributed by atoms with Crippen molar-refractivity contribution < 1.29 is 33.7 Å². The van der Waals surface area contributed by atoms with Gasteiger partial charge in [-0.2, -0.15) is 0 Å². The van der Waals surface area contributed by atoms with E-state index in [9.17, 15) is 24.3 Å². The van der Waals surface area contributed by atoms with Crippen molar-refractivity contribution in [2.24, 2.45) is 0 Å². The highest BCUT2D eigenvalue weighted by molar-refractivity contribution is 5.90. The van der Waals surface area contributed by atoms with Crippen molar-refractivity contribution >= 4 is 28.7 Å². The molecule has 0 spiro atoms. The molecular weight excluding hydrogens is 518 g/mol. The van der Waals surface area contributed by atoms with Gasteiger partial charge in [-0.25, -0.2) is 14.6 Å². The monoisotopic (exact) mass is 549 g/mol. The number of phenolic OH excluding ortho intramolecular Hbond substituents is 1. The second-order valence-electron chi connectivity index (χ2n) is 11.1. The van der Waals surface area contributed by atoms with E-state index in [0.29, 0.717) is 16.9 Å². The average Bonchev–Trinajstić information content (AvgIpc) is 3.25. The molecule has 1 aromatic carbocycles. The van der Waals surface area contributed by atoms with Crippen LogP contribution < -0.4 is 10.9 Å². The number of hydrogen-bond donors (Lipinski definition) is 2. The van der Waals surface area contributed by atoms with E-state index < -0.39 is 35.1 Å². The zero-order valence-corrected chi connectivity index (χ0v) is 23.0. The first-order chi connectivity index (χ1) is 18.8. The SMILES string of the molecule is CC[C@@]1(OC(=O)[C@H](C)NC(=O)COC(C)(C)C)C(=O)OCc2c1cc1n(c2=O)Cc2cc3cc(O)ccc3nc2-1. The molecule has 0 bridgehead atoms. The summed E-state index contributed by atoms with van der Waals surface area (Å²) in [4.78, 5) is 57.0. The fourth-order valence-corrected chi connectivity index (χ4v) is 5.01. The van der Waals surface area contributed by atoms with Crippen LogP contribution in [0.4, 0.5) is 0 Å². The van der Waals surface area contributed by atoms with E-state index in [4.69, 9.17) is 19.2 Å². The van der Waals surface area contributed by atoms with Crippen molar-refractivity contribution in [1.82, 2.24) is 14.9 Å². The van der Waals surface area contributed by atoms with Crippen LogP contribution in [0.1, 0.15) is 57.7 Å². The standard InChI is InChI=1S/C29H31N3O8/c1-6-29(40-26(36)15(2)30-23(34)14-39-28(3,4)5)20-11-22-24-17(9-16-10-18(33)7-8-21(16)31-24)12-32(22)25(35)19(20)13-38-27(29)37/h7-11,15,33H,6,12-14H2,1-5H3,(H,30,34)/t15-,29-/m0/s1. The molecule has 0 radical (unpaired) electrons. The maximum Gasteiger partial charge on any atom is 0.355 e. The van der Waals surface area contributed by atoms with Crippen LogP contribution in [0, 0.1) is 0 Å². The summed E-state index contributed by atoms with van der Waals surface area (Å²) in [6.45, 7) is 8.23. The van der Waals surface area contributed by atoms with Crippen molar-refractivity contribution in [3.63, 3.8) is 0 Å². The molecule has 2 aromatic heterocycles. The number of esters is 2. The number of aromatic hydroxyl groups is 1. The largest absolute Gasteiger partial charge is 0.508 e. The maximum atomic E-state index is 13.6. The van der Waals surface area contributed by atoms with Gasteiger partial charge < -0.3 is 29.2 Å². The van der Waals surface area contributed by atoms with E-state index in [2.05, 4.69) is 5.32 Å². The van der Waals surface area contributed by atoms with Gasteiger partial charge in [0, 0.05) is 16.5 Å². The summed E-state index contributed by atoms with van der Waals surface area (Å²) in [6, 6.07) is 7.25. The molecule has 11 heteroatoms. The molecule has 0 unspecified atom stereocenters. The van der Waals surface area contributed by atoms with Crippen molar-refractivity contribution in [1.29, 1.82) is 0 Å². The predicted octanol–water partition coefficient (Wildman–Crippen LogP) is 2.66. The summed E-state index contributed by atoms with van der Waals surface area (Å²) in [6.07, 6.45) is -0.00144. The maximum absolute atomic E-state index is 13.6. The highest BCUT2D eigenvalue weighted by Crippen LogP contribution is 2.41. The Labute approximate surface area is 230 Å². The number of cyclic esters (lactones) is 1. The summed E-state index contributed by atoms with van der Waals surface area (Å²) in [5.74, 6) is -2.07. The number of ether oxygens (including phenoxy) is 3. The van der Waals surface area contributed by atoms with Crippen LogP contribution in [0.5, 0.6) is 5.75 Å². The summed E-state index contributed by atoms with van der Waals surface area (Å²) in [7, 11) is 0. The number of carbonyl (C=O) groups excluding carboxylic acids is 3. The fraction of sp³-hybridized carbons (Fsp3) is 0.414. The van der Waals surface area contributed by atoms with Crippen LogP contribution >= 0.6 is 0 Å². The number of nitrogens with one attached hydrogen (secondary N) is 1. The third-order valence-corrected chi connectivity index (χ3v) is 7.10. The molecular formula is C29H31N3O8. The van der Waals surface area contributed by atoms with E-state index >= 15 is 0 Å². The zero-order chi connectivity index (χ0) is 29.0. The third-order valence-electron chi connectivity index (χ3n) is 7.10. The first kappa shape index (κ1) is 27.3. The quantitative estimate of drug-likeness (QED) is 0.347. The van der Waals surface area contributed by atoms with Crippen molar-refractivity contribution in [2.45, 2.75) is 71.4 Å². The van der Waals surface area contributed by atoms with Gasteiger partial charge >= 0.3 is 11.9 Å². The van der Waals surface area contributed by atoms with Crippen molar-refractivity contribution in [3.05, 3.63) is 57.4 Å².